The highest BCUT2D eigenvalue weighted by molar-refractivity contribution is 6.00. The minimum Gasteiger partial charge on any atom is -0.482 e. The molecule has 21 heavy (non-hydrogen) atoms. The number of aliphatic hydroxyl groups is 2. The van der Waals surface area contributed by atoms with Crippen molar-refractivity contribution >= 4 is 17.5 Å². The summed E-state index contributed by atoms with van der Waals surface area (Å²) in [6, 6.07) is 4.65. The first-order valence-corrected chi connectivity index (χ1v) is 6.64. The quantitative estimate of drug-likeness (QED) is 0.605. The maximum atomic E-state index is 12.2. The van der Waals surface area contributed by atoms with Gasteiger partial charge in [0.1, 0.15) is 5.75 Å². The van der Waals surface area contributed by atoms with E-state index < -0.39 is 11.4 Å². The zero-order valence-corrected chi connectivity index (χ0v) is 11.7. The van der Waals surface area contributed by atoms with Crippen molar-refractivity contribution in [3.8, 4) is 5.75 Å². The molecule has 2 amide bonds. The van der Waals surface area contributed by atoms with Crippen LogP contribution >= 0.6 is 0 Å². The normalized spacial score (nSPS) is 14.0. The Bertz CT molecular complexity index is 546. The minimum atomic E-state index is -1.06. The van der Waals surface area contributed by atoms with Gasteiger partial charge in [-0.3, -0.25) is 9.59 Å². The van der Waals surface area contributed by atoms with E-state index in [0.717, 1.165) is 0 Å². The third kappa shape index (κ3) is 3.14. The molecule has 1 aromatic carbocycles. The second-order valence-corrected chi connectivity index (χ2v) is 4.95. The fourth-order valence-corrected chi connectivity index (χ4v) is 1.98. The highest BCUT2D eigenvalue weighted by Gasteiger charge is 2.29. The first-order valence-electron chi connectivity index (χ1n) is 6.64. The predicted molar refractivity (Wildman–Crippen MR) is 75.2 cm³/mol. The number of ether oxygens (including phenoxy) is 1. The maximum absolute atomic E-state index is 12.2. The van der Waals surface area contributed by atoms with Gasteiger partial charge in [0.2, 0.25) is 0 Å². The topological polar surface area (TPSA) is 108 Å². The zero-order valence-electron chi connectivity index (χ0n) is 11.7. The Labute approximate surface area is 121 Å². The average molecular weight is 294 g/mol. The molecule has 0 atom stereocenters. The van der Waals surface area contributed by atoms with E-state index in [1.165, 1.54) is 6.07 Å². The Kier molecular flexibility index (Phi) is 4.44. The number of hydrogen-bond acceptors (Lipinski definition) is 5. The number of rotatable bonds is 5. The summed E-state index contributed by atoms with van der Waals surface area (Å²) in [5, 5.41) is 23.9. The molecule has 7 heteroatoms. The van der Waals surface area contributed by atoms with E-state index in [2.05, 4.69) is 10.6 Å². The van der Waals surface area contributed by atoms with E-state index in [9.17, 15) is 19.8 Å². The van der Waals surface area contributed by atoms with Crippen molar-refractivity contribution in [3.63, 3.8) is 0 Å². The Morgan fingerprint density at radius 2 is 2.14 bits per heavy atom. The Morgan fingerprint density at radius 1 is 1.43 bits per heavy atom. The molecule has 0 radical (unpaired) electrons. The summed E-state index contributed by atoms with van der Waals surface area (Å²) >= 11 is 0. The van der Waals surface area contributed by atoms with Crippen LogP contribution in [-0.4, -0.2) is 47.4 Å². The number of nitrogens with one attached hydrogen (secondary N) is 2. The van der Waals surface area contributed by atoms with Crippen molar-refractivity contribution in [1.82, 2.24) is 5.32 Å². The van der Waals surface area contributed by atoms with Gasteiger partial charge in [-0.1, -0.05) is 6.92 Å². The summed E-state index contributed by atoms with van der Waals surface area (Å²) < 4.78 is 5.21. The van der Waals surface area contributed by atoms with Gasteiger partial charge in [-0.25, -0.2) is 0 Å². The van der Waals surface area contributed by atoms with E-state index >= 15 is 0 Å². The molecule has 0 bridgehead atoms. The van der Waals surface area contributed by atoms with Crippen molar-refractivity contribution in [2.45, 2.75) is 18.9 Å². The second-order valence-electron chi connectivity index (χ2n) is 4.95. The lowest BCUT2D eigenvalue weighted by Crippen LogP contribution is -2.53. The summed E-state index contributed by atoms with van der Waals surface area (Å²) in [6.07, 6.45) is 0.385. The van der Waals surface area contributed by atoms with Gasteiger partial charge in [-0.05, 0) is 24.6 Å². The van der Waals surface area contributed by atoms with E-state index in [1.807, 2.05) is 0 Å². The fourth-order valence-electron chi connectivity index (χ4n) is 1.98. The molecular formula is C14H18N2O5. The number of aliphatic hydroxyl groups excluding tert-OH is 2. The van der Waals surface area contributed by atoms with E-state index in [4.69, 9.17) is 4.74 Å². The number of amides is 2. The largest absolute Gasteiger partial charge is 0.482 e. The summed E-state index contributed by atoms with van der Waals surface area (Å²) in [4.78, 5) is 23.5. The predicted octanol–water partition coefficient (Wildman–Crippen LogP) is -0.119. The molecule has 0 fully saturated rings. The molecule has 7 nitrogen and oxygen atoms in total. The van der Waals surface area contributed by atoms with Crippen molar-refractivity contribution in [2.24, 2.45) is 0 Å². The van der Waals surface area contributed by atoms with Crippen LogP contribution in [0.2, 0.25) is 0 Å². The molecule has 2 rings (SSSR count). The first-order chi connectivity index (χ1) is 10.0. The lowest BCUT2D eigenvalue weighted by molar-refractivity contribution is -0.118. The number of carbonyl (C=O) groups excluding carboxylic acids is 2. The van der Waals surface area contributed by atoms with Gasteiger partial charge in [0.25, 0.3) is 11.8 Å². The van der Waals surface area contributed by atoms with Gasteiger partial charge in [-0.2, -0.15) is 0 Å². The summed E-state index contributed by atoms with van der Waals surface area (Å²) in [7, 11) is 0. The van der Waals surface area contributed by atoms with Crippen molar-refractivity contribution in [3.05, 3.63) is 23.8 Å². The maximum Gasteiger partial charge on any atom is 0.262 e. The molecule has 4 N–H and O–H groups in total. The van der Waals surface area contributed by atoms with Crippen LogP contribution in [0.1, 0.15) is 23.7 Å². The summed E-state index contributed by atoms with van der Waals surface area (Å²) in [5.41, 5.74) is -0.333. The first kappa shape index (κ1) is 15.3. The zero-order chi connectivity index (χ0) is 15.5. The molecule has 1 aliphatic heterocycles. The lowest BCUT2D eigenvalue weighted by Gasteiger charge is -2.29. The van der Waals surface area contributed by atoms with Crippen LogP contribution in [-0.2, 0) is 4.79 Å². The molecule has 0 unspecified atom stereocenters. The molecule has 1 heterocycles. The molecular weight excluding hydrogens is 276 g/mol. The van der Waals surface area contributed by atoms with Gasteiger partial charge >= 0.3 is 0 Å². The monoisotopic (exact) mass is 294 g/mol. The Balaban J connectivity index is 2.20. The average Bonchev–Trinajstić information content (AvgIpc) is 2.51. The molecule has 1 aromatic rings. The third-order valence-corrected chi connectivity index (χ3v) is 3.54. The highest BCUT2D eigenvalue weighted by Crippen LogP contribution is 2.28. The third-order valence-electron chi connectivity index (χ3n) is 3.54. The van der Waals surface area contributed by atoms with Crippen LogP contribution in [0.4, 0.5) is 5.69 Å². The summed E-state index contributed by atoms with van der Waals surface area (Å²) in [5.74, 6) is -0.228. The van der Waals surface area contributed by atoms with Crippen molar-refractivity contribution in [2.75, 3.05) is 25.1 Å². The van der Waals surface area contributed by atoms with Crippen molar-refractivity contribution < 1.29 is 24.5 Å². The Morgan fingerprint density at radius 3 is 2.76 bits per heavy atom. The molecule has 114 valence electrons. The summed E-state index contributed by atoms with van der Waals surface area (Å²) in [6.45, 7) is 0.979. The van der Waals surface area contributed by atoms with Crippen LogP contribution < -0.4 is 15.4 Å². The van der Waals surface area contributed by atoms with Gasteiger partial charge in [-0.15, -0.1) is 0 Å². The van der Waals surface area contributed by atoms with Crippen LogP contribution in [0.5, 0.6) is 5.75 Å². The van der Waals surface area contributed by atoms with Crippen LogP contribution in [0.25, 0.3) is 0 Å². The number of anilines is 1. The standard InChI is InChI=1S/C14H18N2O5/c1-2-14(7-17,8-18)16-13(20)9-3-4-11-10(5-9)15-12(19)6-21-11/h3-5,17-18H,2,6-8H2,1H3,(H,15,19)(H,16,20). The number of hydrogen-bond donors (Lipinski definition) is 4. The van der Waals surface area contributed by atoms with Gasteiger partial charge in [0.15, 0.2) is 6.61 Å². The molecule has 0 spiro atoms. The van der Waals surface area contributed by atoms with E-state index in [1.54, 1.807) is 19.1 Å². The number of benzene rings is 1. The number of fused-ring (bicyclic) bond motifs is 1. The second kappa shape index (κ2) is 6.11. The SMILES string of the molecule is CCC(CO)(CO)NC(=O)c1ccc2c(c1)NC(=O)CO2. The minimum absolute atomic E-state index is 0.0491. The lowest BCUT2D eigenvalue weighted by atomic mass is 9.97. The number of carbonyl (C=O) groups is 2. The fraction of sp³-hybridized carbons (Fsp3) is 0.429. The van der Waals surface area contributed by atoms with E-state index in [-0.39, 0.29) is 25.7 Å². The Hall–Kier alpha value is -2.12. The molecule has 0 aromatic heterocycles. The van der Waals surface area contributed by atoms with Gasteiger partial charge in [0.05, 0.1) is 24.4 Å². The molecule has 0 saturated heterocycles. The van der Waals surface area contributed by atoms with E-state index in [0.29, 0.717) is 23.4 Å². The molecule has 1 aliphatic rings. The van der Waals surface area contributed by atoms with Gasteiger partial charge < -0.3 is 25.6 Å². The van der Waals surface area contributed by atoms with Crippen molar-refractivity contribution in [1.29, 1.82) is 0 Å². The molecule has 0 aliphatic carbocycles. The van der Waals surface area contributed by atoms with Crippen LogP contribution in [0, 0.1) is 0 Å². The van der Waals surface area contributed by atoms with Crippen LogP contribution in [0.15, 0.2) is 18.2 Å². The van der Waals surface area contributed by atoms with Crippen LogP contribution in [0.3, 0.4) is 0 Å². The smallest absolute Gasteiger partial charge is 0.262 e. The highest BCUT2D eigenvalue weighted by atomic mass is 16.5. The molecule has 0 saturated carbocycles. The van der Waals surface area contributed by atoms with Gasteiger partial charge in [0, 0.05) is 5.56 Å².